The molecule has 7 heteroatoms. The van der Waals surface area contributed by atoms with Crippen LogP contribution in [0.3, 0.4) is 0 Å². The summed E-state index contributed by atoms with van der Waals surface area (Å²) in [6.45, 7) is 6.88. The van der Waals surface area contributed by atoms with Crippen molar-refractivity contribution >= 4 is 34.1 Å². The first-order chi connectivity index (χ1) is 17.2. The molecule has 6 nitrogen and oxygen atoms in total. The number of methoxy groups -OCH3 is 3. The lowest BCUT2D eigenvalue weighted by Gasteiger charge is -2.33. The average molecular weight is 507 g/mol. The molecule has 0 spiro atoms. The Balaban J connectivity index is 1.77. The van der Waals surface area contributed by atoms with E-state index in [2.05, 4.69) is 26.1 Å². The number of fused-ring (bicyclic) bond motifs is 1. The summed E-state index contributed by atoms with van der Waals surface area (Å²) in [5.74, 6) is 2.23. The maximum atomic E-state index is 13.5. The molecule has 4 rings (SSSR count). The van der Waals surface area contributed by atoms with Gasteiger partial charge in [-0.05, 0) is 48.3 Å². The van der Waals surface area contributed by atoms with Gasteiger partial charge in [0.1, 0.15) is 22.2 Å². The van der Waals surface area contributed by atoms with Crippen molar-refractivity contribution in [2.24, 2.45) is 16.3 Å². The molecule has 190 valence electrons. The van der Waals surface area contributed by atoms with Gasteiger partial charge in [-0.25, -0.2) is 4.99 Å². The first-order valence-corrected chi connectivity index (χ1v) is 12.9. The number of para-hydroxylation sites is 1. The smallest absolute Gasteiger partial charge is 0.259 e. The fraction of sp³-hybridized carbons (Fsp3) is 0.379. The number of amides is 1. The third-order valence-electron chi connectivity index (χ3n) is 6.79. The van der Waals surface area contributed by atoms with Crippen LogP contribution in [0.4, 0.5) is 10.7 Å². The number of carbonyl (C=O) groups is 1. The maximum absolute atomic E-state index is 13.5. The second-order valence-electron chi connectivity index (χ2n) is 10.0. The van der Waals surface area contributed by atoms with E-state index in [1.54, 1.807) is 51.0 Å². The van der Waals surface area contributed by atoms with Crippen LogP contribution in [0.1, 0.15) is 53.6 Å². The van der Waals surface area contributed by atoms with E-state index < -0.39 is 0 Å². The fourth-order valence-electron chi connectivity index (χ4n) is 4.63. The first kappa shape index (κ1) is 25.8. The molecular weight excluding hydrogens is 472 g/mol. The summed E-state index contributed by atoms with van der Waals surface area (Å²) < 4.78 is 16.5. The van der Waals surface area contributed by atoms with E-state index in [0.717, 1.165) is 30.5 Å². The molecule has 0 aliphatic heterocycles. The van der Waals surface area contributed by atoms with Gasteiger partial charge in [0.2, 0.25) is 0 Å². The topological polar surface area (TPSA) is 69.2 Å². The van der Waals surface area contributed by atoms with Crippen LogP contribution in [0, 0.1) is 11.3 Å². The Hall–Kier alpha value is -3.32. The number of hydrogen-bond donors (Lipinski definition) is 1. The van der Waals surface area contributed by atoms with Crippen LogP contribution in [-0.4, -0.2) is 33.5 Å². The van der Waals surface area contributed by atoms with Crippen molar-refractivity contribution in [1.82, 2.24) is 0 Å². The zero-order chi connectivity index (χ0) is 25.9. The Bertz CT molecular complexity index is 1230. The Kier molecular flexibility index (Phi) is 7.69. The highest BCUT2D eigenvalue weighted by Crippen LogP contribution is 2.45. The van der Waals surface area contributed by atoms with Gasteiger partial charge in [-0.3, -0.25) is 4.79 Å². The molecule has 2 aromatic carbocycles. The SMILES string of the molecule is COc1cc(OC)c(C=Nc2sc3c(c2C(=O)Nc2ccccc2)CC[C@H](C(C)(C)C)C3)c(OC)c1. The second-order valence-corrected chi connectivity index (χ2v) is 11.1. The number of anilines is 1. The van der Waals surface area contributed by atoms with Crippen LogP contribution < -0.4 is 19.5 Å². The standard InChI is InChI=1S/C29H34N2O4S/c1-29(2,3)18-12-13-21-25(14-18)36-28(26(21)27(32)31-19-10-8-7-9-11-19)30-17-22-23(34-5)15-20(33-4)16-24(22)35-6/h7-11,15-18H,12-14H2,1-6H3,(H,31,32)/t18-/m0/s1. The lowest BCUT2D eigenvalue weighted by Crippen LogP contribution is -2.27. The van der Waals surface area contributed by atoms with E-state index in [-0.39, 0.29) is 11.3 Å². The summed E-state index contributed by atoms with van der Waals surface area (Å²) in [4.78, 5) is 19.6. The van der Waals surface area contributed by atoms with Crippen LogP contribution in [0.15, 0.2) is 47.5 Å². The van der Waals surface area contributed by atoms with Gasteiger partial charge in [0.05, 0.1) is 32.5 Å². The van der Waals surface area contributed by atoms with Crippen LogP contribution in [-0.2, 0) is 12.8 Å². The molecule has 0 fully saturated rings. The van der Waals surface area contributed by atoms with Crippen molar-refractivity contribution < 1.29 is 19.0 Å². The highest BCUT2D eigenvalue weighted by Gasteiger charge is 2.33. The summed E-state index contributed by atoms with van der Waals surface area (Å²) in [5, 5.41) is 3.76. The summed E-state index contributed by atoms with van der Waals surface area (Å²) in [6.07, 6.45) is 4.60. The van der Waals surface area contributed by atoms with Gasteiger partial charge in [0, 0.05) is 28.9 Å². The van der Waals surface area contributed by atoms with Gasteiger partial charge < -0.3 is 19.5 Å². The predicted molar refractivity (Wildman–Crippen MR) is 147 cm³/mol. The average Bonchev–Trinajstić information content (AvgIpc) is 3.24. The van der Waals surface area contributed by atoms with Crippen LogP contribution in [0.25, 0.3) is 0 Å². The molecule has 0 bridgehead atoms. The molecule has 0 radical (unpaired) electrons. The molecule has 1 N–H and O–H groups in total. The second kappa shape index (κ2) is 10.7. The molecule has 1 atom stereocenters. The number of nitrogens with zero attached hydrogens (tertiary/aromatic N) is 1. The Morgan fingerprint density at radius 2 is 1.72 bits per heavy atom. The number of aliphatic imine (C=N–C) groups is 1. The molecule has 1 aliphatic rings. The van der Waals surface area contributed by atoms with E-state index in [4.69, 9.17) is 19.2 Å². The quantitative estimate of drug-likeness (QED) is 0.353. The molecular formula is C29H34N2O4S. The zero-order valence-electron chi connectivity index (χ0n) is 21.8. The first-order valence-electron chi connectivity index (χ1n) is 12.1. The Labute approximate surface area is 217 Å². The van der Waals surface area contributed by atoms with Gasteiger partial charge in [0.25, 0.3) is 5.91 Å². The van der Waals surface area contributed by atoms with Crippen LogP contribution in [0.5, 0.6) is 17.2 Å². The van der Waals surface area contributed by atoms with Crippen molar-refractivity contribution in [2.45, 2.75) is 40.0 Å². The van der Waals surface area contributed by atoms with Crippen LogP contribution in [0.2, 0.25) is 0 Å². The highest BCUT2D eigenvalue weighted by molar-refractivity contribution is 7.16. The predicted octanol–water partition coefficient (Wildman–Crippen LogP) is 6.93. The Morgan fingerprint density at radius 1 is 1.06 bits per heavy atom. The van der Waals surface area contributed by atoms with Gasteiger partial charge in [-0.2, -0.15) is 0 Å². The van der Waals surface area contributed by atoms with Crippen molar-refractivity contribution in [3.63, 3.8) is 0 Å². The molecule has 1 aliphatic carbocycles. The van der Waals surface area contributed by atoms with E-state index in [1.807, 2.05) is 30.3 Å². The summed E-state index contributed by atoms with van der Waals surface area (Å²) in [6, 6.07) is 13.1. The molecule has 0 unspecified atom stereocenters. The van der Waals surface area contributed by atoms with Crippen molar-refractivity contribution in [3.8, 4) is 17.2 Å². The van der Waals surface area contributed by atoms with Crippen LogP contribution >= 0.6 is 11.3 Å². The highest BCUT2D eigenvalue weighted by atomic mass is 32.1. The number of rotatable bonds is 7. The molecule has 1 amide bonds. The number of thiophene rings is 1. The van der Waals surface area contributed by atoms with E-state index in [1.165, 1.54) is 4.88 Å². The number of benzene rings is 2. The number of hydrogen-bond acceptors (Lipinski definition) is 6. The van der Waals surface area contributed by atoms with Gasteiger partial charge >= 0.3 is 0 Å². The lowest BCUT2D eigenvalue weighted by molar-refractivity contribution is 0.102. The molecule has 1 aromatic heterocycles. The molecule has 1 heterocycles. The maximum Gasteiger partial charge on any atom is 0.259 e. The molecule has 36 heavy (non-hydrogen) atoms. The van der Waals surface area contributed by atoms with E-state index in [0.29, 0.717) is 39.3 Å². The lowest BCUT2D eigenvalue weighted by atomic mass is 9.72. The molecule has 0 saturated carbocycles. The minimum absolute atomic E-state index is 0.131. The van der Waals surface area contributed by atoms with E-state index >= 15 is 0 Å². The third kappa shape index (κ3) is 5.41. The fourth-order valence-corrected chi connectivity index (χ4v) is 5.90. The van der Waals surface area contributed by atoms with Gasteiger partial charge in [0.15, 0.2) is 0 Å². The number of ether oxygens (including phenoxy) is 3. The van der Waals surface area contributed by atoms with Crippen molar-refractivity contribution in [2.75, 3.05) is 26.6 Å². The van der Waals surface area contributed by atoms with E-state index in [9.17, 15) is 4.79 Å². The molecule has 0 saturated heterocycles. The summed E-state index contributed by atoms with van der Waals surface area (Å²) >= 11 is 1.61. The summed E-state index contributed by atoms with van der Waals surface area (Å²) in [5.41, 5.74) is 3.44. The number of nitrogens with one attached hydrogen (secondary N) is 1. The Morgan fingerprint density at radius 3 is 2.31 bits per heavy atom. The zero-order valence-corrected chi connectivity index (χ0v) is 22.6. The normalized spacial score (nSPS) is 15.4. The minimum Gasteiger partial charge on any atom is -0.496 e. The summed E-state index contributed by atoms with van der Waals surface area (Å²) in [7, 11) is 4.79. The van der Waals surface area contributed by atoms with Gasteiger partial charge in [-0.15, -0.1) is 11.3 Å². The third-order valence-corrected chi connectivity index (χ3v) is 7.96. The largest absolute Gasteiger partial charge is 0.496 e. The number of carbonyl (C=O) groups excluding carboxylic acids is 1. The molecule has 3 aromatic rings. The van der Waals surface area contributed by atoms with Crippen molar-refractivity contribution in [1.29, 1.82) is 0 Å². The monoisotopic (exact) mass is 506 g/mol. The minimum atomic E-state index is -0.131. The van der Waals surface area contributed by atoms with Gasteiger partial charge in [-0.1, -0.05) is 39.0 Å². The van der Waals surface area contributed by atoms with Crippen molar-refractivity contribution in [3.05, 3.63) is 64.0 Å².